The van der Waals surface area contributed by atoms with Crippen molar-refractivity contribution in [2.45, 2.75) is 39.5 Å². The molecule has 1 unspecified atom stereocenters. The summed E-state index contributed by atoms with van der Waals surface area (Å²) in [7, 11) is 0. The van der Waals surface area contributed by atoms with Gasteiger partial charge in [0.05, 0.1) is 6.07 Å². The second kappa shape index (κ2) is 5.75. The van der Waals surface area contributed by atoms with E-state index in [-0.39, 0.29) is 11.8 Å². The molecule has 84 valence electrons. The summed E-state index contributed by atoms with van der Waals surface area (Å²) >= 11 is 0. The lowest BCUT2D eigenvalue weighted by molar-refractivity contribution is -0.130. The summed E-state index contributed by atoms with van der Waals surface area (Å²) in [5.41, 5.74) is 0. The third kappa shape index (κ3) is 3.23. The van der Waals surface area contributed by atoms with Crippen LogP contribution >= 0.6 is 0 Å². The van der Waals surface area contributed by atoms with Crippen LogP contribution in [0.25, 0.3) is 0 Å². The molecule has 3 nitrogen and oxygen atoms in total. The highest BCUT2D eigenvalue weighted by molar-refractivity contribution is 5.73. The zero-order valence-corrected chi connectivity index (χ0v) is 9.70. The van der Waals surface area contributed by atoms with Crippen LogP contribution in [0, 0.1) is 23.2 Å². The molecule has 1 aliphatic heterocycles. The monoisotopic (exact) mass is 208 g/mol. The molecule has 0 aromatic heterocycles. The molecule has 1 rings (SSSR count). The third-order valence-corrected chi connectivity index (χ3v) is 3.32. The van der Waals surface area contributed by atoms with E-state index in [1.165, 1.54) is 0 Å². The molecule has 0 radical (unpaired) electrons. The molecule has 15 heavy (non-hydrogen) atoms. The van der Waals surface area contributed by atoms with E-state index in [0.29, 0.717) is 5.92 Å². The van der Waals surface area contributed by atoms with Crippen LogP contribution < -0.4 is 0 Å². The van der Waals surface area contributed by atoms with Crippen molar-refractivity contribution in [1.29, 1.82) is 5.26 Å². The highest BCUT2D eigenvalue weighted by atomic mass is 16.2. The lowest BCUT2D eigenvalue weighted by atomic mass is 9.82. The molecule has 1 atom stereocenters. The van der Waals surface area contributed by atoms with Crippen LogP contribution in [0.1, 0.15) is 39.5 Å². The van der Waals surface area contributed by atoms with Crippen LogP contribution in [-0.2, 0) is 4.79 Å². The second-order valence-electron chi connectivity index (χ2n) is 4.37. The Morgan fingerprint density at radius 3 is 2.53 bits per heavy atom. The van der Waals surface area contributed by atoms with Crippen molar-refractivity contribution in [3.8, 4) is 6.07 Å². The van der Waals surface area contributed by atoms with E-state index in [2.05, 4.69) is 13.0 Å². The smallest absolute Gasteiger partial charge is 0.219 e. The molecule has 0 spiro atoms. The van der Waals surface area contributed by atoms with Gasteiger partial charge in [-0.1, -0.05) is 13.3 Å². The highest BCUT2D eigenvalue weighted by Crippen LogP contribution is 2.27. The van der Waals surface area contributed by atoms with Gasteiger partial charge in [0.1, 0.15) is 0 Å². The maximum Gasteiger partial charge on any atom is 0.219 e. The Hall–Kier alpha value is -1.04. The highest BCUT2D eigenvalue weighted by Gasteiger charge is 2.26. The predicted octanol–water partition coefficient (Wildman–Crippen LogP) is 2.18. The summed E-state index contributed by atoms with van der Waals surface area (Å²) in [6, 6.07) is 2.41. The van der Waals surface area contributed by atoms with Gasteiger partial charge >= 0.3 is 0 Å². The maximum atomic E-state index is 11.1. The Kier molecular flexibility index (Phi) is 4.61. The number of amides is 1. The Morgan fingerprint density at radius 2 is 2.13 bits per heavy atom. The van der Waals surface area contributed by atoms with Gasteiger partial charge in [0, 0.05) is 25.9 Å². The largest absolute Gasteiger partial charge is 0.343 e. The fraction of sp³-hybridized carbons (Fsp3) is 0.833. The molecular formula is C12H20N2O. The Labute approximate surface area is 92.1 Å². The van der Waals surface area contributed by atoms with E-state index in [4.69, 9.17) is 5.26 Å². The van der Waals surface area contributed by atoms with Gasteiger partial charge < -0.3 is 4.90 Å². The number of carbonyl (C=O) groups excluding carboxylic acids is 1. The lowest BCUT2D eigenvalue weighted by Crippen LogP contribution is -2.38. The van der Waals surface area contributed by atoms with Gasteiger partial charge in [0.15, 0.2) is 0 Å². The van der Waals surface area contributed by atoms with Gasteiger partial charge in [-0.2, -0.15) is 5.26 Å². The molecule has 1 aliphatic rings. The minimum Gasteiger partial charge on any atom is -0.343 e. The van der Waals surface area contributed by atoms with Crippen molar-refractivity contribution in [2.75, 3.05) is 13.1 Å². The van der Waals surface area contributed by atoms with Gasteiger partial charge in [-0.15, -0.1) is 0 Å². The van der Waals surface area contributed by atoms with Gasteiger partial charge in [-0.3, -0.25) is 4.79 Å². The molecule has 0 aromatic carbocycles. The first kappa shape index (κ1) is 12.0. The van der Waals surface area contributed by atoms with E-state index in [1.807, 2.05) is 4.90 Å². The van der Waals surface area contributed by atoms with Crippen LogP contribution in [0.4, 0.5) is 0 Å². The quantitative estimate of drug-likeness (QED) is 0.713. The number of rotatable bonds is 3. The van der Waals surface area contributed by atoms with Crippen molar-refractivity contribution in [1.82, 2.24) is 4.90 Å². The summed E-state index contributed by atoms with van der Waals surface area (Å²) < 4.78 is 0. The zero-order valence-electron chi connectivity index (χ0n) is 9.70. The van der Waals surface area contributed by atoms with Crippen LogP contribution in [0.3, 0.4) is 0 Å². The summed E-state index contributed by atoms with van der Waals surface area (Å²) in [4.78, 5) is 13.0. The SMILES string of the molecule is CCCC(C#N)C1CCN(C(C)=O)CC1. The normalized spacial score (nSPS) is 19.7. The van der Waals surface area contributed by atoms with E-state index in [1.54, 1.807) is 6.92 Å². The van der Waals surface area contributed by atoms with Crippen molar-refractivity contribution in [3.05, 3.63) is 0 Å². The molecule has 0 aromatic rings. The first-order chi connectivity index (χ1) is 7.19. The van der Waals surface area contributed by atoms with E-state index >= 15 is 0 Å². The number of likely N-dealkylation sites (tertiary alicyclic amines) is 1. The van der Waals surface area contributed by atoms with E-state index < -0.39 is 0 Å². The van der Waals surface area contributed by atoms with Gasteiger partial charge in [0.2, 0.25) is 5.91 Å². The molecule has 0 saturated carbocycles. The average molecular weight is 208 g/mol. The minimum atomic E-state index is 0.164. The van der Waals surface area contributed by atoms with Gasteiger partial charge in [0.25, 0.3) is 0 Å². The topological polar surface area (TPSA) is 44.1 Å². The number of nitrogens with zero attached hydrogens (tertiary/aromatic N) is 2. The fourth-order valence-corrected chi connectivity index (χ4v) is 2.33. The molecule has 1 heterocycles. The summed E-state index contributed by atoms with van der Waals surface area (Å²) in [5.74, 6) is 0.868. The molecule has 1 fully saturated rings. The van der Waals surface area contributed by atoms with Crippen molar-refractivity contribution in [2.24, 2.45) is 11.8 Å². The zero-order chi connectivity index (χ0) is 11.3. The van der Waals surface area contributed by atoms with Crippen LogP contribution in [-0.4, -0.2) is 23.9 Å². The summed E-state index contributed by atoms with van der Waals surface area (Å²) in [6.45, 7) is 5.41. The van der Waals surface area contributed by atoms with Crippen molar-refractivity contribution in [3.63, 3.8) is 0 Å². The Bertz CT molecular complexity index is 249. The number of nitriles is 1. The molecule has 3 heteroatoms. The van der Waals surface area contributed by atoms with E-state index in [9.17, 15) is 4.79 Å². The van der Waals surface area contributed by atoms with Gasteiger partial charge in [-0.25, -0.2) is 0 Å². The first-order valence-corrected chi connectivity index (χ1v) is 5.84. The molecule has 0 bridgehead atoms. The van der Waals surface area contributed by atoms with Gasteiger partial charge in [-0.05, 0) is 25.2 Å². The predicted molar refractivity (Wildman–Crippen MR) is 59.0 cm³/mol. The maximum absolute atomic E-state index is 11.1. The third-order valence-electron chi connectivity index (χ3n) is 3.32. The van der Waals surface area contributed by atoms with E-state index in [0.717, 1.165) is 38.8 Å². The van der Waals surface area contributed by atoms with Crippen LogP contribution in [0.15, 0.2) is 0 Å². The molecule has 1 saturated heterocycles. The van der Waals surface area contributed by atoms with Crippen LogP contribution in [0.5, 0.6) is 0 Å². The average Bonchev–Trinajstić information content (AvgIpc) is 2.26. The lowest BCUT2D eigenvalue weighted by Gasteiger charge is -2.33. The molecular weight excluding hydrogens is 188 g/mol. The Morgan fingerprint density at radius 1 is 1.53 bits per heavy atom. The molecule has 1 amide bonds. The fourth-order valence-electron chi connectivity index (χ4n) is 2.33. The van der Waals surface area contributed by atoms with Crippen molar-refractivity contribution >= 4 is 5.91 Å². The van der Waals surface area contributed by atoms with Crippen molar-refractivity contribution < 1.29 is 4.79 Å². The number of carbonyl (C=O) groups is 1. The standard InChI is InChI=1S/C12H20N2O/c1-3-4-12(9-13)11-5-7-14(8-6-11)10(2)15/h11-12H,3-8H2,1-2H3. The second-order valence-corrected chi connectivity index (χ2v) is 4.37. The molecule has 0 aliphatic carbocycles. The summed E-state index contributed by atoms with van der Waals surface area (Å²) in [6.07, 6.45) is 4.07. The number of piperidine rings is 1. The first-order valence-electron chi connectivity index (χ1n) is 5.84. The van der Waals surface area contributed by atoms with Crippen LogP contribution in [0.2, 0.25) is 0 Å². The molecule has 0 N–H and O–H groups in total. The number of hydrogen-bond donors (Lipinski definition) is 0. The number of hydrogen-bond acceptors (Lipinski definition) is 2. The summed E-state index contributed by atoms with van der Waals surface area (Å²) in [5, 5.41) is 9.05. The Balaban J connectivity index is 2.42. The minimum absolute atomic E-state index is 0.164.